The maximum Gasteiger partial charge on any atom is 0.241 e. The van der Waals surface area contributed by atoms with Gasteiger partial charge in [-0.05, 0) is 42.1 Å². The molecule has 2 heterocycles. The molecule has 23 heavy (non-hydrogen) atoms. The topological polar surface area (TPSA) is 64.1 Å². The second kappa shape index (κ2) is 6.72. The molecule has 122 valence electrons. The number of carbonyl (C=O) groups excluding carboxylic acids is 1. The molecular formula is C16H18FN3O2S. The van der Waals surface area contributed by atoms with Gasteiger partial charge in [0.25, 0.3) is 0 Å². The molecule has 0 bridgehead atoms. The normalized spacial score (nSPS) is 17.0. The molecule has 0 aliphatic carbocycles. The van der Waals surface area contributed by atoms with Gasteiger partial charge in [-0.2, -0.15) is 4.37 Å². The quantitative estimate of drug-likeness (QED) is 0.933. The van der Waals surface area contributed by atoms with E-state index in [1.165, 1.54) is 23.7 Å². The number of amides is 1. The number of ether oxygens (including phenoxy) is 1. The highest BCUT2D eigenvalue weighted by Crippen LogP contribution is 2.31. The second-order valence-electron chi connectivity index (χ2n) is 5.94. The number of hydrogen-bond donors (Lipinski definition) is 1. The van der Waals surface area contributed by atoms with Gasteiger partial charge >= 0.3 is 0 Å². The lowest BCUT2D eigenvalue weighted by Crippen LogP contribution is -2.38. The molecule has 1 aromatic carbocycles. The summed E-state index contributed by atoms with van der Waals surface area (Å²) in [5, 5.41) is 3.58. The Balaban J connectivity index is 1.62. The number of nitrogens with zero attached hydrogens (tertiary/aromatic N) is 2. The first kappa shape index (κ1) is 16.0. The molecule has 0 atom stereocenters. The molecule has 0 saturated carbocycles. The Kier molecular flexibility index (Phi) is 4.68. The third-order valence-electron chi connectivity index (χ3n) is 4.11. The smallest absolute Gasteiger partial charge is 0.241 e. The summed E-state index contributed by atoms with van der Waals surface area (Å²) in [7, 11) is 0. The van der Waals surface area contributed by atoms with Crippen molar-refractivity contribution < 1.29 is 13.9 Å². The van der Waals surface area contributed by atoms with E-state index in [4.69, 9.17) is 4.74 Å². The van der Waals surface area contributed by atoms with Gasteiger partial charge in [-0.3, -0.25) is 10.1 Å². The molecule has 0 spiro atoms. The van der Waals surface area contributed by atoms with E-state index >= 15 is 0 Å². The van der Waals surface area contributed by atoms with Gasteiger partial charge in [-0.25, -0.2) is 9.37 Å². The standard InChI is InChI=1S/C16H18FN3O2S/c1-16(6-8-22-9-7-16)14(21)19-15-18-13(23-20-15)10-11-2-4-12(17)5-3-11/h2-5H,6-10H2,1H3,(H,19,20,21). The Morgan fingerprint density at radius 1 is 1.35 bits per heavy atom. The summed E-state index contributed by atoms with van der Waals surface area (Å²) in [5.74, 6) is 0.0143. The maximum absolute atomic E-state index is 12.9. The van der Waals surface area contributed by atoms with Crippen LogP contribution in [0.4, 0.5) is 10.3 Å². The molecule has 1 saturated heterocycles. The van der Waals surface area contributed by atoms with Crippen LogP contribution in [-0.2, 0) is 16.0 Å². The van der Waals surface area contributed by atoms with Crippen LogP contribution in [0.1, 0.15) is 30.3 Å². The van der Waals surface area contributed by atoms with Crippen molar-refractivity contribution in [1.82, 2.24) is 9.36 Å². The molecule has 1 aromatic heterocycles. The zero-order valence-corrected chi connectivity index (χ0v) is 13.7. The van der Waals surface area contributed by atoms with Gasteiger partial charge < -0.3 is 4.74 Å². The van der Waals surface area contributed by atoms with Gasteiger partial charge in [0.05, 0.1) is 5.41 Å². The first-order chi connectivity index (χ1) is 11.0. The van der Waals surface area contributed by atoms with Crippen molar-refractivity contribution in [2.45, 2.75) is 26.2 Å². The van der Waals surface area contributed by atoms with E-state index in [0.717, 1.165) is 10.6 Å². The minimum atomic E-state index is -0.430. The molecule has 1 aliphatic rings. The maximum atomic E-state index is 12.9. The van der Waals surface area contributed by atoms with Crippen molar-refractivity contribution >= 4 is 23.4 Å². The third-order valence-corrected chi connectivity index (χ3v) is 4.82. The fourth-order valence-corrected chi connectivity index (χ4v) is 3.09. The van der Waals surface area contributed by atoms with Crippen LogP contribution in [0.2, 0.25) is 0 Å². The Morgan fingerprint density at radius 3 is 2.74 bits per heavy atom. The van der Waals surface area contributed by atoms with Crippen LogP contribution < -0.4 is 5.32 Å². The van der Waals surface area contributed by atoms with Crippen LogP contribution in [0.5, 0.6) is 0 Å². The van der Waals surface area contributed by atoms with Crippen molar-refractivity contribution in [2.75, 3.05) is 18.5 Å². The van der Waals surface area contributed by atoms with Crippen LogP contribution in [0.25, 0.3) is 0 Å². The highest BCUT2D eigenvalue weighted by Gasteiger charge is 2.35. The lowest BCUT2D eigenvalue weighted by Gasteiger charge is -2.31. The van der Waals surface area contributed by atoms with E-state index in [9.17, 15) is 9.18 Å². The van der Waals surface area contributed by atoms with E-state index in [0.29, 0.717) is 38.4 Å². The monoisotopic (exact) mass is 335 g/mol. The van der Waals surface area contributed by atoms with E-state index in [1.807, 2.05) is 6.92 Å². The molecule has 5 nitrogen and oxygen atoms in total. The average molecular weight is 335 g/mol. The predicted octanol–water partition coefficient (Wildman–Crippen LogP) is 3.02. The number of benzene rings is 1. The predicted molar refractivity (Wildman–Crippen MR) is 85.9 cm³/mol. The SMILES string of the molecule is CC1(C(=O)Nc2nsc(Cc3ccc(F)cc3)n2)CCOCC1. The number of carbonyl (C=O) groups is 1. The van der Waals surface area contributed by atoms with Gasteiger partial charge in [0, 0.05) is 19.6 Å². The van der Waals surface area contributed by atoms with Crippen molar-refractivity contribution in [3.8, 4) is 0 Å². The number of nitrogens with one attached hydrogen (secondary N) is 1. The molecule has 1 N–H and O–H groups in total. The van der Waals surface area contributed by atoms with Crippen molar-refractivity contribution in [1.29, 1.82) is 0 Å². The molecule has 0 radical (unpaired) electrons. The van der Waals surface area contributed by atoms with Crippen molar-refractivity contribution in [3.05, 3.63) is 40.7 Å². The van der Waals surface area contributed by atoms with Crippen LogP contribution in [0.15, 0.2) is 24.3 Å². The molecule has 1 aliphatic heterocycles. The Hall–Kier alpha value is -1.86. The third kappa shape index (κ3) is 3.92. The van der Waals surface area contributed by atoms with Gasteiger partial charge in [0.2, 0.25) is 11.9 Å². The zero-order valence-electron chi connectivity index (χ0n) is 12.8. The van der Waals surface area contributed by atoms with Gasteiger partial charge in [0.15, 0.2) is 0 Å². The Bertz CT molecular complexity index is 681. The van der Waals surface area contributed by atoms with Crippen molar-refractivity contribution in [2.24, 2.45) is 5.41 Å². The van der Waals surface area contributed by atoms with E-state index in [2.05, 4.69) is 14.7 Å². The molecular weight excluding hydrogens is 317 g/mol. The van der Waals surface area contributed by atoms with Crippen LogP contribution in [0.3, 0.4) is 0 Å². The summed E-state index contributed by atoms with van der Waals surface area (Å²) < 4.78 is 22.4. The Morgan fingerprint density at radius 2 is 2.04 bits per heavy atom. The van der Waals surface area contributed by atoms with Gasteiger partial charge in [-0.15, -0.1) is 0 Å². The fourth-order valence-electron chi connectivity index (χ4n) is 2.46. The molecule has 3 rings (SSSR count). The van der Waals surface area contributed by atoms with E-state index in [1.54, 1.807) is 12.1 Å². The van der Waals surface area contributed by atoms with Crippen LogP contribution >= 0.6 is 11.5 Å². The van der Waals surface area contributed by atoms with E-state index in [-0.39, 0.29) is 11.7 Å². The fraction of sp³-hybridized carbons (Fsp3) is 0.438. The van der Waals surface area contributed by atoms with Crippen LogP contribution in [0, 0.1) is 11.2 Å². The van der Waals surface area contributed by atoms with Crippen molar-refractivity contribution in [3.63, 3.8) is 0 Å². The molecule has 1 fully saturated rings. The zero-order chi connectivity index (χ0) is 16.3. The summed E-state index contributed by atoms with van der Waals surface area (Å²) in [4.78, 5) is 16.8. The summed E-state index contributed by atoms with van der Waals surface area (Å²) in [6.07, 6.45) is 1.97. The number of rotatable bonds is 4. The van der Waals surface area contributed by atoms with Crippen LogP contribution in [-0.4, -0.2) is 28.5 Å². The molecule has 7 heteroatoms. The highest BCUT2D eigenvalue weighted by atomic mass is 32.1. The number of hydrogen-bond acceptors (Lipinski definition) is 5. The lowest BCUT2D eigenvalue weighted by atomic mass is 9.81. The summed E-state index contributed by atoms with van der Waals surface area (Å²) in [6, 6.07) is 6.28. The first-order valence-corrected chi connectivity index (χ1v) is 8.29. The largest absolute Gasteiger partial charge is 0.381 e. The summed E-state index contributed by atoms with van der Waals surface area (Å²) in [6.45, 7) is 3.14. The molecule has 2 aromatic rings. The highest BCUT2D eigenvalue weighted by molar-refractivity contribution is 7.05. The molecule has 0 unspecified atom stereocenters. The minimum absolute atomic E-state index is 0.0630. The van der Waals surface area contributed by atoms with Gasteiger partial charge in [-0.1, -0.05) is 19.1 Å². The number of anilines is 1. The first-order valence-electron chi connectivity index (χ1n) is 7.51. The summed E-state index contributed by atoms with van der Waals surface area (Å²) in [5.41, 5.74) is 0.525. The minimum Gasteiger partial charge on any atom is -0.381 e. The number of halogens is 1. The Labute approximate surface area is 138 Å². The van der Waals surface area contributed by atoms with Gasteiger partial charge in [0.1, 0.15) is 10.8 Å². The average Bonchev–Trinajstić information content (AvgIpc) is 2.97. The summed E-state index contributed by atoms with van der Waals surface area (Å²) >= 11 is 1.24. The second-order valence-corrected chi connectivity index (χ2v) is 6.78. The molecule has 1 amide bonds. The number of aromatic nitrogens is 2. The lowest BCUT2D eigenvalue weighted by molar-refractivity contribution is -0.129. The van der Waals surface area contributed by atoms with E-state index < -0.39 is 5.41 Å².